The number of amides is 1. The third-order valence-electron chi connectivity index (χ3n) is 6.14. The summed E-state index contributed by atoms with van der Waals surface area (Å²) in [6, 6.07) is 13.1. The Bertz CT molecular complexity index is 1210. The molecule has 1 aromatic heterocycles. The number of rotatable bonds is 4. The van der Waals surface area contributed by atoms with E-state index in [2.05, 4.69) is 27.2 Å². The van der Waals surface area contributed by atoms with Gasteiger partial charge in [-0.3, -0.25) is 9.78 Å². The number of nitrogen functional groups attached to an aromatic ring is 1. The Morgan fingerprint density at radius 3 is 2.38 bits per heavy atom. The molecule has 0 saturated carbocycles. The van der Waals surface area contributed by atoms with E-state index in [-0.39, 0.29) is 11.9 Å². The molecule has 0 bridgehead atoms. The minimum absolute atomic E-state index is 0.0495. The number of aliphatic imine (C=N–C) groups is 1. The molecule has 0 unspecified atom stereocenters. The van der Waals surface area contributed by atoms with Crippen molar-refractivity contribution in [1.29, 1.82) is 0 Å². The molecule has 2 heterocycles. The first-order chi connectivity index (χ1) is 16.3. The molecule has 1 saturated heterocycles. The summed E-state index contributed by atoms with van der Waals surface area (Å²) in [7, 11) is 2.07. The number of nitrogens with zero attached hydrogens (tertiary/aromatic N) is 4. The van der Waals surface area contributed by atoms with Crippen molar-refractivity contribution < 1.29 is 4.79 Å². The molecule has 5 N–H and O–H groups in total. The van der Waals surface area contributed by atoms with Crippen LogP contribution in [-0.4, -0.2) is 59.9 Å². The van der Waals surface area contributed by atoms with Gasteiger partial charge in [-0.25, -0.2) is 4.99 Å². The molecule has 0 atom stereocenters. The van der Waals surface area contributed by atoms with E-state index in [0.717, 1.165) is 54.1 Å². The number of benzene rings is 2. The summed E-state index contributed by atoms with van der Waals surface area (Å²) in [5, 5.41) is 3.07. The maximum atomic E-state index is 12.7. The van der Waals surface area contributed by atoms with Crippen LogP contribution in [0.5, 0.6) is 0 Å². The van der Waals surface area contributed by atoms with Crippen molar-refractivity contribution in [3.63, 3.8) is 0 Å². The van der Waals surface area contributed by atoms with Gasteiger partial charge in [0, 0.05) is 55.4 Å². The average Bonchev–Trinajstić information content (AvgIpc) is 2.82. The van der Waals surface area contributed by atoms with Gasteiger partial charge < -0.3 is 26.6 Å². The quantitative estimate of drug-likeness (QED) is 0.314. The summed E-state index contributed by atoms with van der Waals surface area (Å²) in [6.07, 6.45) is 3.62. The van der Waals surface area contributed by atoms with Gasteiger partial charge in [-0.05, 0) is 80.1 Å². The molecule has 0 spiro atoms. The zero-order valence-corrected chi connectivity index (χ0v) is 19.9. The van der Waals surface area contributed by atoms with Crippen molar-refractivity contribution in [3.05, 3.63) is 71.5 Å². The minimum atomic E-state index is 0.0495. The fourth-order valence-electron chi connectivity index (χ4n) is 4.04. The number of guanidine groups is 1. The predicted octanol–water partition coefficient (Wildman–Crippen LogP) is 3.39. The Morgan fingerprint density at radius 1 is 1.00 bits per heavy atom. The molecule has 1 aliphatic rings. The standard InChI is InChI=1S/C26H31N7O/c1-17-8-9-29-16-22(17)21-15-23(27)24(14-18(21)2)31-26(28)30-20-6-4-19(5-7-20)25(34)33-12-10-32(3)11-13-33/h4-9,14-16H,10-13,27H2,1-3H3,(H3,28,30,31). The highest BCUT2D eigenvalue weighted by Gasteiger charge is 2.20. The maximum Gasteiger partial charge on any atom is 0.253 e. The van der Waals surface area contributed by atoms with E-state index in [4.69, 9.17) is 11.5 Å². The van der Waals surface area contributed by atoms with Crippen molar-refractivity contribution in [2.24, 2.45) is 10.7 Å². The first-order valence-corrected chi connectivity index (χ1v) is 11.3. The van der Waals surface area contributed by atoms with Gasteiger partial charge >= 0.3 is 0 Å². The summed E-state index contributed by atoms with van der Waals surface area (Å²) in [5.41, 5.74) is 19.2. The van der Waals surface area contributed by atoms with Crippen LogP contribution >= 0.6 is 0 Å². The molecule has 1 fully saturated rings. The summed E-state index contributed by atoms with van der Waals surface area (Å²) in [5.74, 6) is 0.267. The van der Waals surface area contributed by atoms with Gasteiger partial charge in [0.25, 0.3) is 5.91 Å². The van der Waals surface area contributed by atoms with Crippen molar-refractivity contribution in [2.75, 3.05) is 44.3 Å². The van der Waals surface area contributed by atoms with E-state index in [1.54, 1.807) is 18.3 Å². The fraction of sp³-hybridized carbons (Fsp3) is 0.269. The molecule has 34 heavy (non-hydrogen) atoms. The highest BCUT2D eigenvalue weighted by atomic mass is 16.2. The Labute approximate surface area is 200 Å². The number of carbonyl (C=O) groups is 1. The van der Waals surface area contributed by atoms with E-state index in [1.807, 2.05) is 55.3 Å². The van der Waals surface area contributed by atoms with E-state index in [9.17, 15) is 4.79 Å². The highest BCUT2D eigenvalue weighted by molar-refractivity contribution is 5.97. The number of pyridine rings is 1. The second-order valence-electron chi connectivity index (χ2n) is 8.71. The molecular weight excluding hydrogens is 426 g/mol. The monoisotopic (exact) mass is 457 g/mol. The van der Waals surface area contributed by atoms with E-state index in [1.165, 1.54) is 0 Å². The molecule has 2 aromatic carbocycles. The number of nitrogens with two attached hydrogens (primary N) is 2. The number of likely N-dealkylation sites (N-methyl/N-ethyl adjacent to an activating group) is 1. The van der Waals surface area contributed by atoms with Gasteiger partial charge in [0.2, 0.25) is 0 Å². The number of anilines is 2. The minimum Gasteiger partial charge on any atom is -0.397 e. The molecule has 1 amide bonds. The predicted molar refractivity (Wildman–Crippen MR) is 138 cm³/mol. The van der Waals surface area contributed by atoms with Crippen LogP contribution in [0, 0.1) is 13.8 Å². The van der Waals surface area contributed by atoms with Crippen LogP contribution in [-0.2, 0) is 0 Å². The van der Waals surface area contributed by atoms with Gasteiger partial charge in [-0.1, -0.05) is 0 Å². The summed E-state index contributed by atoms with van der Waals surface area (Å²) < 4.78 is 0. The van der Waals surface area contributed by atoms with Crippen LogP contribution in [0.2, 0.25) is 0 Å². The lowest BCUT2D eigenvalue weighted by molar-refractivity contribution is 0.0664. The Balaban J connectivity index is 1.46. The maximum absolute atomic E-state index is 12.7. The van der Waals surface area contributed by atoms with Gasteiger partial charge in [0.1, 0.15) is 0 Å². The molecule has 8 heteroatoms. The summed E-state index contributed by atoms with van der Waals surface area (Å²) in [4.78, 5) is 25.5. The van der Waals surface area contributed by atoms with Crippen LogP contribution in [0.3, 0.4) is 0 Å². The van der Waals surface area contributed by atoms with Gasteiger partial charge in [-0.2, -0.15) is 0 Å². The molecule has 1 aliphatic heterocycles. The number of aromatic nitrogens is 1. The third kappa shape index (κ3) is 5.18. The van der Waals surface area contributed by atoms with E-state index < -0.39 is 0 Å². The molecule has 0 radical (unpaired) electrons. The van der Waals surface area contributed by atoms with Gasteiger partial charge in [0.15, 0.2) is 5.96 Å². The average molecular weight is 458 g/mol. The number of hydrogen-bond donors (Lipinski definition) is 3. The number of hydrogen-bond acceptors (Lipinski definition) is 5. The van der Waals surface area contributed by atoms with Gasteiger partial charge in [0.05, 0.1) is 11.4 Å². The molecule has 4 rings (SSSR count). The van der Waals surface area contributed by atoms with E-state index in [0.29, 0.717) is 16.9 Å². The normalized spacial score (nSPS) is 14.8. The molecule has 176 valence electrons. The number of nitrogens with one attached hydrogen (secondary N) is 1. The van der Waals surface area contributed by atoms with Gasteiger partial charge in [-0.15, -0.1) is 0 Å². The van der Waals surface area contributed by atoms with Crippen LogP contribution in [0.15, 0.2) is 59.9 Å². The lowest BCUT2D eigenvalue weighted by Gasteiger charge is -2.32. The largest absolute Gasteiger partial charge is 0.397 e. The number of piperazine rings is 1. The van der Waals surface area contributed by atoms with Crippen LogP contribution in [0.4, 0.5) is 17.1 Å². The lowest BCUT2D eigenvalue weighted by Crippen LogP contribution is -2.47. The third-order valence-corrected chi connectivity index (χ3v) is 6.14. The number of carbonyl (C=O) groups excluding carboxylic acids is 1. The van der Waals surface area contributed by atoms with Crippen molar-refractivity contribution >= 4 is 28.9 Å². The first-order valence-electron chi connectivity index (χ1n) is 11.3. The first kappa shape index (κ1) is 23.3. The highest BCUT2D eigenvalue weighted by Crippen LogP contribution is 2.33. The van der Waals surface area contributed by atoms with E-state index >= 15 is 0 Å². The second-order valence-corrected chi connectivity index (χ2v) is 8.71. The number of aryl methyl sites for hydroxylation is 2. The van der Waals surface area contributed by atoms with Crippen LogP contribution in [0.1, 0.15) is 21.5 Å². The van der Waals surface area contributed by atoms with Crippen molar-refractivity contribution in [2.45, 2.75) is 13.8 Å². The lowest BCUT2D eigenvalue weighted by atomic mass is 9.97. The fourth-order valence-corrected chi connectivity index (χ4v) is 4.04. The Morgan fingerprint density at radius 2 is 1.71 bits per heavy atom. The zero-order chi connectivity index (χ0) is 24.2. The summed E-state index contributed by atoms with van der Waals surface area (Å²) in [6.45, 7) is 7.34. The Kier molecular flexibility index (Phi) is 6.79. The SMILES string of the molecule is Cc1ccncc1-c1cc(N)c(N=C(N)Nc2ccc(C(=O)N3CCN(C)CC3)cc2)cc1C. The van der Waals surface area contributed by atoms with Crippen LogP contribution < -0.4 is 16.8 Å². The van der Waals surface area contributed by atoms with Crippen molar-refractivity contribution in [1.82, 2.24) is 14.8 Å². The molecule has 0 aliphatic carbocycles. The van der Waals surface area contributed by atoms with Crippen LogP contribution in [0.25, 0.3) is 11.1 Å². The van der Waals surface area contributed by atoms with Crippen molar-refractivity contribution in [3.8, 4) is 11.1 Å². The topological polar surface area (TPSA) is 113 Å². The Hall–Kier alpha value is -3.91. The zero-order valence-electron chi connectivity index (χ0n) is 19.9. The molecule has 3 aromatic rings. The molecular formula is C26H31N7O. The second kappa shape index (κ2) is 9.93. The smallest absolute Gasteiger partial charge is 0.253 e. The molecule has 8 nitrogen and oxygen atoms in total. The summed E-state index contributed by atoms with van der Waals surface area (Å²) >= 11 is 0.